The first-order valence-corrected chi connectivity index (χ1v) is 7.63. The Bertz CT molecular complexity index is 744. The number of hydrogen-bond acceptors (Lipinski definition) is 5. The van der Waals surface area contributed by atoms with Gasteiger partial charge in [-0.2, -0.15) is 5.10 Å². The molecule has 0 fully saturated rings. The van der Waals surface area contributed by atoms with Gasteiger partial charge in [0, 0.05) is 18.7 Å². The molecule has 1 atom stereocenters. The van der Waals surface area contributed by atoms with Crippen LogP contribution in [0.4, 0.5) is 0 Å². The second-order valence-electron chi connectivity index (χ2n) is 5.08. The second-order valence-corrected chi connectivity index (χ2v) is 5.08. The van der Waals surface area contributed by atoms with Crippen LogP contribution < -0.4 is 10.2 Å². The lowest BCUT2D eigenvalue weighted by molar-refractivity contribution is -0.131. The Morgan fingerprint density at radius 3 is 2.72 bits per heavy atom. The average molecular weight is 340 g/mol. The Hall–Kier alpha value is -3.12. The zero-order chi connectivity index (χ0) is 18.1. The van der Waals surface area contributed by atoms with Crippen LogP contribution in [0, 0.1) is 0 Å². The third kappa shape index (κ3) is 5.19. The molecule has 0 aromatic heterocycles. The summed E-state index contributed by atoms with van der Waals surface area (Å²) in [4.78, 5) is 12.2. The van der Waals surface area contributed by atoms with Gasteiger partial charge in [-0.3, -0.25) is 4.79 Å². The van der Waals surface area contributed by atoms with Crippen LogP contribution in [0.15, 0.2) is 66.3 Å². The molecule has 2 aromatic rings. The van der Waals surface area contributed by atoms with Gasteiger partial charge in [-0.05, 0) is 17.7 Å². The fourth-order valence-corrected chi connectivity index (χ4v) is 2.12. The molecule has 1 unspecified atom stereocenters. The molecular weight excluding hydrogens is 320 g/mol. The van der Waals surface area contributed by atoms with Crippen molar-refractivity contribution < 1.29 is 19.4 Å². The lowest BCUT2D eigenvalue weighted by atomic mass is 10.1. The monoisotopic (exact) mass is 340 g/mol. The minimum Gasteiger partial charge on any atom is -0.507 e. The van der Waals surface area contributed by atoms with Gasteiger partial charge in [-0.1, -0.05) is 43.0 Å². The molecule has 0 aliphatic heterocycles. The van der Waals surface area contributed by atoms with E-state index in [1.54, 1.807) is 30.3 Å². The number of rotatable bonds is 8. The van der Waals surface area contributed by atoms with Gasteiger partial charge in [-0.25, -0.2) is 5.43 Å². The van der Waals surface area contributed by atoms with Gasteiger partial charge in [0.25, 0.3) is 5.91 Å². The smallest absolute Gasteiger partial charge is 0.273 e. The Balaban J connectivity index is 2.00. The number of phenols is 1. The maximum absolute atomic E-state index is 12.2. The van der Waals surface area contributed by atoms with Crippen LogP contribution in [0.1, 0.15) is 17.2 Å². The summed E-state index contributed by atoms with van der Waals surface area (Å²) in [5.41, 5.74) is 3.58. The number of carbonyl (C=O) groups is 1. The van der Waals surface area contributed by atoms with Gasteiger partial charge in [0.15, 0.2) is 6.10 Å². The Labute approximate surface area is 146 Å². The van der Waals surface area contributed by atoms with Crippen molar-refractivity contribution in [2.45, 2.75) is 6.10 Å². The summed E-state index contributed by atoms with van der Waals surface area (Å²) in [6.45, 7) is 3.90. The molecule has 0 aliphatic carbocycles. The van der Waals surface area contributed by atoms with E-state index in [-0.39, 0.29) is 5.75 Å². The first-order valence-electron chi connectivity index (χ1n) is 7.63. The van der Waals surface area contributed by atoms with Crippen molar-refractivity contribution in [3.05, 3.63) is 72.3 Å². The Morgan fingerprint density at radius 1 is 1.32 bits per heavy atom. The summed E-state index contributed by atoms with van der Waals surface area (Å²) < 4.78 is 10.5. The van der Waals surface area contributed by atoms with Crippen LogP contribution >= 0.6 is 0 Å². The van der Waals surface area contributed by atoms with E-state index in [2.05, 4.69) is 17.1 Å². The van der Waals surface area contributed by atoms with Gasteiger partial charge in [0.05, 0.1) is 6.21 Å². The number of hydrazone groups is 1. The zero-order valence-corrected chi connectivity index (χ0v) is 13.9. The number of carbonyl (C=O) groups excluding carboxylic acids is 1. The summed E-state index contributed by atoms with van der Waals surface area (Å²) in [5.74, 6) is 0.100. The number of nitrogens with one attached hydrogen (secondary N) is 1. The molecule has 2 rings (SSSR count). The number of benzene rings is 2. The third-order valence-corrected chi connectivity index (χ3v) is 3.32. The summed E-state index contributed by atoms with van der Waals surface area (Å²) >= 11 is 0. The predicted molar refractivity (Wildman–Crippen MR) is 95.7 cm³/mol. The molecule has 2 aromatic carbocycles. The largest absolute Gasteiger partial charge is 0.507 e. The molecule has 0 saturated heterocycles. The van der Waals surface area contributed by atoms with E-state index in [4.69, 9.17) is 9.47 Å². The highest BCUT2D eigenvalue weighted by atomic mass is 16.5. The predicted octanol–water partition coefficient (Wildman–Crippen LogP) is 2.79. The summed E-state index contributed by atoms with van der Waals surface area (Å²) in [6, 6.07) is 13.9. The molecule has 25 heavy (non-hydrogen) atoms. The van der Waals surface area contributed by atoms with Crippen LogP contribution in [0.2, 0.25) is 0 Å². The van der Waals surface area contributed by atoms with E-state index < -0.39 is 12.0 Å². The van der Waals surface area contributed by atoms with Crippen molar-refractivity contribution in [1.29, 1.82) is 0 Å². The van der Waals surface area contributed by atoms with E-state index in [0.29, 0.717) is 17.9 Å². The molecule has 6 heteroatoms. The van der Waals surface area contributed by atoms with Crippen molar-refractivity contribution in [2.24, 2.45) is 5.10 Å². The fraction of sp³-hybridized carbons (Fsp3) is 0.158. The lowest BCUT2D eigenvalue weighted by Gasteiger charge is -2.13. The second kappa shape index (κ2) is 9.24. The summed E-state index contributed by atoms with van der Waals surface area (Å²) in [7, 11) is 1.45. The van der Waals surface area contributed by atoms with Gasteiger partial charge in [0.1, 0.15) is 18.1 Å². The summed E-state index contributed by atoms with van der Waals surface area (Å²) in [5, 5.41) is 13.8. The normalized spacial score (nSPS) is 11.9. The third-order valence-electron chi connectivity index (χ3n) is 3.32. The standard InChI is InChI=1S/C19H20N2O4/c1-3-11-25-16-10-9-15(17(22)12-16)13-20-21-19(23)18(24-2)14-7-5-4-6-8-14/h3-10,12-13,18,22H,1,11H2,2H3,(H,21,23). The van der Waals surface area contributed by atoms with Crippen molar-refractivity contribution in [2.75, 3.05) is 13.7 Å². The molecule has 0 spiro atoms. The number of ether oxygens (including phenoxy) is 2. The van der Waals surface area contributed by atoms with Crippen molar-refractivity contribution in [3.8, 4) is 11.5 Å². The molecule has 0 bridgehead atoms. The van der Waals surface area contributed by atoms with Crippen LogP contribution in [0.25, 0.3) is 0 Å². The number of hydrogen-bond donors (Lipinski definition) is 2. The molecular formula is C19H20N2O4. The van der Waals surface area contributed by atoms with Crippen LogP contribution in [-0.2, 0) is 9.53 Å². The molecule has 1 amide bonds. The zero-order valence-electron chi connectivity index (χ0n) is 13.9. The van der Waals surface area contributed by atoms with Gasteiger partial charge >= 0.3 is 0 Å². The highest BCUT2D eigenvalue weighted by Gasteiger charge is 2.19. The van der Waals surface area contributed by atoms with E-state index in [9.17, 15) is 9.90 Å². The average Bonchev–Trinajstić information content (AvgIpc) is 2.63. The molecule has 0 radical (unpaired) electrons. The maximum Gasteiger partial charge on any atom is 0.273 e. The number of aromatic hydroxyl groups is 1. The van der Waals surface area contributed by atoms with Crippen molar-refractivity contribution in [1.82, 2.24) is 5.43 Å². The highest BCUT2D eigenvalue weighted by Crippen LogP contribution is 2.22. The van der Waals surface area contributed by atoms with Crippen LogP contribution in [0.5, 0.6) is 11.5 Å². The fourth-order valence-electron chi connectivity index (χ4n) is 2.12. The highest BCUT2D eigenvalue weighted by molar-refractivity contribution is 5.87. The number of methoxy groups -OCH3 is 1. The summed E-state index contributed by atoms with van der Waals surface area (Å²) in [6.07, 6.45) is 2.20. The number of nitrogens with zero attached hydrogens (tertiary/aromatic N) is 1. The van der Waals surface area contributed by atoms with Gasteiger partial charge in [-0.15, -0.1) is 0 Å². The Morgan fingerprint density at radius 2 is 2.08 bits per heavy atom. The van der Waals surface area contributed by atoms with E-state index in [1.165, 1.54) is 19.4 Å². The molecule has 2 N–H and O–H groups in total. The molecule has 130 valence electrons. The topological polar surface area (TPSA) is 80.2 Å². The van der Waals surface area contributed by atoms with Gasteiger partial charge < -0.3 is 14.6 Å². The minimum absolute atomic E-state index is 0.00841. The van der Waals surface area contributed by atoms with E-state index in [1.807, 2.05) is 18.2 Å². The van der Waals surface area contributed by atoms with Crippen LogP contribution in [0.3, 0.4) is 0 Å². The Kier molecular flexibility index (Phi) is 6.74. The first-order chi connectivity index (χ1) is 12.2. The first kappa shape index (κ1) is 18.2. The lowest BCUT2D eigenvalue weighted by Crippen LogP contribution is -2.26. The van der Waals surface area contributed by atoms with E-state index >= 15 is 0 Å². The molecule has 0 heterocycles. The van der Waals surface area contributed by atoms with Crippen LogP contribution in [-0.4, -0.2) is 30.9 Å². The quantitative estimate of drug-likeness (QED) is 0.440. The SMILES string of the molecule is C=CCOc1ccc(C=NNC(=O)C(OC)c2ccccc2)c(O)c1. The van der Waals surface area contributed by atoms with Crippen molar-refractivity contribution >= 4 is 12.1 Å². The van der Waals surface area contributed by atoms with Crippen molar-refractivity contribution in [3.63, 3.8) is 0 Å². The minimum atomic E-state index is -0.762. The van der Waals surface area contributed by atoms with E-state index in [0.717, 1.165) is 5.56 Å². The maximum atomic E-state index is 12.2. The van der Waals surface area contributed by atoms with Gasteiger partial charge in [0.2, 0.25) is 0 Å². The molecule has 0 saturated carbocycles. The molecule has 0 aliphatic rings. The number of phenolic OH excluding ortho intramolecular Hbond substituents is 1. The number of amides is 1. The molecule has 6 nitrogen and oxygen atoms in total.